The molecule has 0 aliphatic heterocycles. The highest BCUT2D eigenvalue weighted by Gasteiger charge is 2.17. The van der Waals surface area contributed by atoms with Gasteiger partial charge in [0.1, 0.15) is 6.54 Å². The molecule has 0 bridgehead atoms. The first-order valence-electron chi connectivity index (χ1n) is 6.39. The summed E-state index contributed by atoms with van der Waals surface area (Å²) in [5.41, 5.74) is 0.760. The van der Waals surface area contributed by atoms with Crippen molar-refractivity contribution in [3.63, 3.8) is 0 Å². The number of likely N-dealkylation sites (N-methyl/N-ethyl adjacent to an activating group) is 1. The van der Waals surface area contributed by atoms with Crippen molar-refractivity contribution in [2.75, 3.05) is 7.05 Å². The molecule has 0 N–H and O–H groups in total. The highest BCUT2D eigenvalue weighted by Crippen LogP contribution is 2.26. The van der Waals surface area contributed by atoms with Crippen molar-refractivity contribution in [1.29, 1.82) is 0 Å². The zero-order valence-corrected chi connectivity index (χ0v) is 11.7. The van der Waals surface area contributed by atoms with E-state index in [1.807, 2.05) is 13.8 Å². The van der Waals surface area contributed by atoms with Gasteiger partial charge >= 0.3 is 0 Å². The maximum Gasteiger partial charge on any atom is 0.278 e. The number of carbonyl (C=O) groups is 1. The van der Waals surface area contributed by atoms with E-state index in [2.05, 4.69) is 0 Å². The Balaban J connectivity index is 2.35. The molecule has 6 heteroatoms. The van der Waals surface area contributed by atoms with Crippen LogP contribution in [0.4, 0.5) is 5.69 Å². The molecule has 1 heterocycles. The van der Waals surface area contributed by atoms with Gasteiger partial charge in [-0.2, -0.15) is 0 Å². The van der Waals surface area contributed by atoms with Gasteiger partial charge in [-0.1, -0.05) is 6.07 Å². The van der Waals surface area contributed by atoms with E-state index in [1.165, 1.54) is 6.07 Å². The Morgan fingerprint density at radius 3 is 2.70 bits per heavy atom. The maximum absolute atomic E-state index is 12.1. The number of nitrogens with zero attached hydrogens (tertiary/aromatic N) is 3. The second kappa shape index (κ2) is 5.32. The molecule has 0 saturated heterocycles. The summed E-state index contributed by atoms with van der Waals surface area (Å²) in [6.45, 7) is 4.06. The number of nitro groups is 1. The van der Waals surface area contributed by atoms with Gasteiger partial charge in [0.15, 0.2) is 0 Å². The SMILES string of the molecule is CC(C)N(C)C(=O)Cn1ccc2c([N+](=O)[O-])cccc21. The molecule has 20 heavy (non-hydrogen) atoms. The molecule has 0 spiro atoms. The smallest absolute Gasteiger partial charge is 0.278 e. The van der Waals surface area contributed by atoms with Crippen LogP contribution in [0.5, 0.6) is 0 Å². The van der Waals surface area contributed by atoms with Gasteiger partial charge < -0.3 is 9.47 Å². The topological polar surface area (TPSA) is 68.4 Å². The maximum atomic E-state index is 12.1. The average molecular weight is 275 g/mol. The number of rotatable bonds is 4. The first kappa shape index (κ1) is 14.0. The largest absolute Gasteiger partial charge is 0.342 e. The molecular weight excluding hydrogens is 258 g/mol. The summed E-state index contributed by atoms with van der Waals surface area (Å²) >= 11 is 0. The van der Waals surface area contributed by atoms with Gasteiger partial charge in [0.05, 0.1) is 15.8 Å². The van der Waals surface area contributed by atoms with E-state index in [4.69, 9.17) is 0 Å². The van der Waals surface area contributed by atoms with Crippen LogP contribution in [0.15, 0.2) is 30.5 Å². The van der Waals surface area contributed by atoms with Crippen LogP contribution in [-0.2, 0) is 11.3 Å². The quantitative estimate of drug-likeness (QED) is 0.635. The Morgan fingerprint density at radius 2 is 2.10 bits per heavy atom. The number of fused-ring (bicyclic) bond motifs is 1. The van der Waals surface area contributed by atoms with Crippen molar-refractivity contribution in [1.82, 2.24) is 9.47 Å². The van der Waals surface area contributed by atoms with Crippen LogP contribution in [0.3, 0.4) is 0 Å². The van der Waals surface area contributed by atoms with Crippen molar-refractivity contribution in [2.45, 2.75) is 26.4 Å². The molecule has 0 radical (unpaired) electrons. The number of non-ortho nitro benzene ring substituents is 1. The highest BCUT2D eigenvalue weighted by molar-refractivity contribution is 5.90. The molecule has 0 fully saturated rings. The molecule has 6 nitrogen and oxygen atoms in total. The number of nitro benzene ring substituents is 1. The van der Waals surface area contributed by atoms with E-state index >= 15 is 0 Å². The van der Waals surface area contributed by atoms with Gasteiger partial charge in [0, 0.05) is 25.4 Å². The Kier molecular flexibility index (Phi) is 3.74. The Hall–Kier alpha value is -2.37. The molecule has 0 aliphatic rings. The summed E-state index contributed by atoms with van der Waals surface area (Å²) in [6.07, 6.45) is 1.71. The second-order valence-corrected chi connectivity index (χ2v) is 5.01. The Morgan fingerprint density at radius 1 is 1.40 bits per heavy atom. The lowest BCUT2D eigenvalue weighted by atomic mass is 10.2. The minimum absolute atomic E-state index is 0.0241. The first-order valence-corrected chi connectivity index (χ1v) is 6.39. The lowest BCUT2D eigenvalue weighted by Crippen LogP contribution is -2.35. The summed E-state index contributed by atoms with van der Waals surface area (Å²) in [4.78, 5) is 24.3. The van der Waals surface area contributed by atoms with Crippen molar-refractivity contribution in [3.05, 3.63) is 40.6 Å². The van der Waals surface area contributed by atoms with Gasteiger partial charge in [0.2, 0.25) is 5.91 Å². The van der Waals surface area contributed by atoms with Gasteiger partial charge in [-0.3, -0.25) is 14.9 Å². The molecule has 1 amide bonds. The van der Waals surface area contributed by atoms with Crippen LogP contribution in [0.1, 0.15) is 13.8 Å². The van der Waals surface area contributed by atoms with Crippen LogP contribution in [-0.4, -0.2) is 33.4 Å². The summed E-state index contributed by atoms with van der Waals surface area (Å²) in [5.74, 6) is -0.0241. The summed E-state index contributed by atoms with van der Waals surface area (Å²) < 4.78 is 1.74. The molecule has 0 unspecified atom stereocenters. The molecule has 1 aromatic heterocycles. The minimum Gasteiger partial charge on any atom is -0.342 e. The number of carbonyl (C=O) groups excluding carboxylic acids is 1. The lowest BCUT2D eigenvalue weighted by molar-refractivity contribution is -0.383. The fraction of sp³-hybridized carbons (Fsp3) is 0.357. The molecule has 106 valence electrons. The summed E-state index contributed by atoms with van der Waals surface area (Å²) in [6, 6.07) is 6.68. The number of amides is 1. The summed E-state index contributed by atoms with van der Waals surface area (Å²) in [5, 5.41) is 11.5. The molecule has 0 aliphatic carbocycles. The third-order valence-corrected chi connectivity index (χ3v) is 3.46. The number of hydrogen-bond acceptors (Lipinski definition) is 3. The van der Waals surface area contributed by atoms with E-state index in [0.717, 1.165) is 0 Å². The van der Waals surface area contributed by atoms with Crippen molar-refractivity contribution in [2.24, 2.45) is 0 Å². The third-order valence-electron chi connectivity index (χ3n) is 3.46. The van der Waals surface area contributed by atoms with Crippen LogP contribution in [0.25, 0.3) is 10.9 Å². The van der Waals surface area contributed by atoms with Gasteiger partial charge in [-0.05, 0) is 26.0 Å². The summed E-state index contributed by atoms with van der Waals surface area (Å²) in [7, 11) is 1.75. The van der Waals surface area contributed by atoms with E-state index in [9.17, 15) is 14.9 Å². The zero-order valence-electron chi connectivity index (χ0n) is 11.7. The molecule has 0 saturated carbocycles. The predicted molar refractivity (Wildman–Crippen MR) is 76.5 cm³/mol. The predicted octanol–water partition coefficient (Wildman–Crippen LogP) is 2.42. The van der Waals surface area contributed by atoms with Gasteiger partial charge in [0.25, 0.3) is 5.69 Å². The van der Waals surface area contributed by atoms with Crippen LogP contribution in [0.2, 0.25) is 0 Å². The third kappa shape index (κ3) is 2.49. The van der Waals surface area contributed by atoms with Crippen LogP contribution in [0, 0.1) is 10.1 Å². The van der Waals surface area contributed by atoms with Crippen LogP contribution < -0.4 is 0 Å². The number of benzene rings is 1. The molecule has 2 aromatic rings. The fourth-order valence-corrected chi connectivity index (χ4v) is 2.05. The van der Waals surface area contributed by atoms with Crippen LogP contribution >= 0.6 is 0 Å². The van der Waals surface area contributed by atoms with Crippen molar-refractivity contribution < 1.29 is 9.72 Å². The monoisotopic (exact) mass is 275 g/mol. The van der Waals surface area contributed by atoms with Gasteiger partial charge in [-0.25, -0.2) is 0 Å². The number of hydrogen-bond donors (Lipinski definition) is 0. The van der Waals surface area contributed by atoms with Crippen molar-refractivity contribution >= 4 is 22.5 Å². The standard InChI is InChI=1S/C14H17N3O3/c1-10(2)15(3)14(18)9-16-8-7-11-12(16)5-4-6-13(11)17(19)20/h4-8,10H,9H2,1-3H3. The van der Waals surface area contributed by atoms with E-state index in [-0.39, 0.29) is 24.2 Å². The van der Waals surface area contributed by atoms with Crippen molar-refractivity contribution in [3.8, 4) is 0 Å². The molecule has 2 rings (SSSR count). The van der Waals surface area contributed by atoms with E-state index in [1.54, 1.807) is 40.9 Å². The Bertz CT molecular complexity index is 661. The first-order chi connectivity index (χ1) is 9.41. The fourth-order valence-electron chi connectivity index (χ4n) is 2.05. The van der Waals surface area contributed by atoms with E-state index in [0.29, 0.717) is 10.9 Å². The minimum atomic E-state index is -0.408. The second-order valence-electron chi connectivity index (χ2n) is 5.01. The molecular formula is C14H17N3O3. The molecule has 1 aromatic carbocycles. The van der Waals surface area contributed by atoms with E-state index < -0.39 is 4.92 Å². The lowest BCUT2D eigenvalue weighted by Gasteiger charge is -2.21. The normalized spacial score (nSPS) is 11.0. The average Bonchev–Trinajstić information content (AvgIpc) is 2.80. The number of aromatic nitrogens is 1. The highest BCUT2D eigenvalue weighted by atomic mass is 16.6. The Labute approximate surface area is 116 Å². The molecule has 0 atom stereocenters. The van der Waals surface area contributed by atoms with Gasteiger partial charge in [-0.15, -0.1) is 0 Å². The zero-order chi connectivity index (χ0) is 14.9.